The van der Waals surface area contributed by atoms with Crippen LogP contribution < -0.4 is 0 Å². The maximum atomic E-state index is 12.9. The highest BCUT2D eigenvalue weighted by Gasteiger charge is 2.22. The van der Waals surface area contributed by atoms with Gasteiger partial charge in [-0.15, -0.1) is 6.42 Å². The predicted molar refractivity (Wildman–Crippen MR) is 79.5 cm³/mol. The van der Waals surface area contributed by atoms with E-state index in [1.54, 1.807) is 18.3 Å². The zero-order valence-corrected chi connectivity index (χ0v) is 12.0. The number of aromatic nitrogens is 1. The van der Waals surface area contributed by atoms with Crippen LogP contribution in [0.3, 0.4) is 0 Å². The first-order valence-corrected chi connectivity index (χ1v) is 6.62. The van der Waals surface area contributed by atoms with Gasteiger partial charge in [-0.25, -0.2) is 9.18 Å². The lowest BCUT2D eigenvalue weighted by Crippen LogP contribution is -2.20. The van der Waals surface area contributed by atoms with Crippen LogP contribution in [0.1, 0.15) is 28.0 Å². The van der Waals surface area contributed by atoms with Crippen LogP contribution >= 0.6 is 0 Å². The fourth-order valence-electron chi connectivity index (χ4n) is 2.12. The fraction of sp³-hybridized carbons (Fsp3) is 0.118. The van der Waals surface area contributed by atoms with Crippen molar-refractivity contribution in [1.29, 1.82) is 0 Å². The lowest BCUT2D eigenvalue weighted by atomic mass is 10.1. The molecular formula is C17H12FNO4. The highest BCUT2D eigenvalue weighted by Crippen LogP contribution is 2.16. The van der Waals surface area contributed by atoms with Crippen molar-refractivity contribution in [2.24, 2.45) is 0 Å². The van der Waals surface area contributed by atoms with Crippen LogP contribution in [-0.2, 0) is 16.1 Å². The summed E-state index contributed by atoms with van der Waals surface area (Å²) in [5.74, 6) is -1.59. The molecule has 2 aromatic rings. The molecule has 1 N–H and O–H groups in total. The molecule has 1 heterocycles. The summed E-state index contributed by atoms with van der Waals surface area (Å²) in [4.78, 5) is 34.0. The first-order chi connectivity index (χ1) is 10.9. The van der Waals surface area contributed by atoms with Crippen molar-refractivity contribution in [3.8, 4) is 12.3 Å². The summed E-state index contributed by atoms with van der Waals surface area (Å²) in [6, 6.07) is 7.22. The number of aliphatic carboxylic acids is 1. The summed E-state index contributed by atoms with van der Waals surface area (Å²) in [6.07, 6.45) is 6.14. The van der Waals surface area contributed by atoms with Crippen LogP contribution in [0.2, 0.25) is 0 Å². The average Bonchev–Trinajstić information content (AvgIpc) is 2.92. The summed E-state index contributed by atoms with van der Waals surface area (Å²) in [7, 11) is 0. The Morgan fingerprint density at radius 1 is 1.17 bits per heavy atom. The third-order valence-corrected chi connectivity index (χ3v) is 3.21. The van der Waals surface area contributed by atoms with E-state index in [2.05, 4.69) is 5.92 Å². The zero-order chi connectivity index (χ0) is 17.0. The Morgan fingerprint density at radius 2 is 1.83 bits per heavy atom. The maximum absolute atomic E-state index is 12.9. The molecule has 2 rings (SSSR count). The van der Waals surface area contributed by atoms with Crippen molar-refractivity contribution >= 4 is 17.5 Å². The van der Waals surface area contributed by atoms with Crippen LogP contribution in [0, 0.1) is 18.2 Å². The van der Waals surface area contributed by atoms with Gasteiger partial charge in [0.2, 0.25) is 5.78 Å². The Morgan fingerprint density at radius 3 is 2.39 bits per heavy atom. The molecule has 6 heteroatoms. The molecule has 1 aromatic heterocycles. The molecule has 0 fully saturated rings. The van der Waals surface area contributed by atoms with Crippen LogP contribution in [0.4, 0.5) is 4.39 Å². The van der Waals surface area contributed by atoms with Crippen molar-refractivity contribution < 1.29 is 23.9 Å². The molecule has 0 atom stereocenters. The molecule has 1 aromatic carbocycles. The molecule has 23 heavy (non-hydrogen) atoms. The molecular weight excluding hydrogens is 301 g/mol. The van der Waals surface area contributed by atoms with Gasteiger partial charge in [0.1, 0.15) is 11.5 Å². The minimum atomic E-state index is -1.67. The zero-order valence-electron chi connectivity index (χ0n) is 12.0. The Kier molecular flexibility index (Phi) is 4.72. The van der Waals surface area contributed by atoms with Crippen molar-refractivity contribution in [1.82, 2.24) is 4.57 Å². The van der Waals surface area contributed by atoms with E-state index in [-0.39, 0.29) is 23.6 Å². The number of Topliss-reactive ketones (excluding diaryl/α,β-unsaturated/α-hetero) is 2. The second-order valence-corrected chi connectivity index (χ2v) is 4.81. The Balaban J connectivity index is 2.31. The van der Waals surface area contributed by atoms with Crippen molar-refractivity contribution in [3.05, 3.63) is 59.2 Å². The number of carbonyl (C=O) groups is 3. The number of hydrogen-bond donors (Lipinski definition) is 1. The van der Waals surface area contributed by atoms with E-state index < -0.39 is 24.0 Å². The van der Waals surface area contributed by atoms with E-state index in [1.807, 2.05) is 0 Å². The lowest BCUT2D eigenvalue weighted by Gasteiger charge is -2.09. The summed E-state index contributed by atoms with van der Waals surface area (Å²) in [5, 5.41) is 8.60. The van der Waals surface area contributed by atoms with E-state index >= 15 is 0 Å². The molecule has 116 valence electrons. The van der Waals surface area contributed by atoms with Gasteiger partial charge < -0.3 is 9.67 Å². The summed E-state index contributed by atoms with van der Waals surface area (Å²) in [6.45, 7) is 0.240. The molecule has 0 spiro atoms. The second-order valence-electron chi connectivity index (χ2n) is 4.81. The molecule has 0 aliphatic heterocycles. The molecule has 0 bridgehead atoms. The molecule has 5 nitrogen and oxygen atoms in total. The Labute approximate surface area is 131 Å². The van der Waals surface area contributed by atoms with Gasteiger partial charge in [0, 0.05) is 12.7 Å². The van der Waals surface area contributed by atoms with Crippen LogP contribution in [0.25, 0.3) is 0 Å². The summed E-state index contributed by atoms with van der Waals surface area (Å²) >= 11 is 0. The normalized spacial score (nSPS) is 10.1. The summed E-state index contributed by atoms with van der Waals surface area (Å²) in [5.41, 5.74) is 1.09. The van der Waals surface area contributed by atoms with Gasteiger partial charge >= 0.3 is 5.97 Å². The smallest absolute Gasteiger partial charge is 0.372 e. The van der Waals surface area contributed by atoms with E-state index in [1.165, 1.54) is 22.8 Å². The number of carbonyl (C=O) groups excluding carboxylic acids is 2. The van der Waals surface area contributed by atoms with Gasteiger partial charge in [0.25, 0.3) is 0 Å². The predicted octanol–water partition coefficient (Wildman–Crippen LogP) is 1.88. The van der Waals surface area contributed by atoms with E-state index in [0.29, 0.717) is 0 Å². The van der Waals surface area contributed by atoms with Crippen LogP contribution in [0.15, 0.2) is 36.5 Å². The molecule has 0 amide bonds. The van der Waals surface area contributed by atoms with Gasteiger partial charge in [0.05, 0.1) is 12.0 Å². The molecule has 0 aliphatic carbocycles. The third kappa shape index (κ3) is 3.71. The van der Waals surface area contributed by atoms with E-state index in [0.717, 1.165) is 5.56 Å². The SMILES string of the molecule is C#Cc1ccn(Cc2ccc(F)cc2)c1C(=O)CC(=O)C(=O)O. The number of benzene rings is 1. The topological polar surface area (TPSA) is 76.4 Å². The number of ketones is 2. The molecule has 0 aliphatic rings. The van der Waals surface area contributed by atoms with Crippen molar-refractivity contribution in [3.63, 3.8) is 0 Å². The lowest BCUT2D eigenvalue weighted by molar-refractivity contribution is -0.148. The monoisotopic (exact) mass is 313 g/mol. The minimum absolute atomic E-state index is 0.0893. The second kappa shape index (κ2) is 6.71. The number of halogens is 1. The number of terminal acetylenes is 1. The largest absolute Gasteiger partial charge is 0.475 e. The number of rotatable bonds is 6. The molecule has 0 saturated carbocycles. The first kappa shape index (κ1) is 16.2. The van der Waals surface area contributed by atoms with E-state index in [9.17, 15) is 18.8 Å². The van der Waals surface area contributed by atoms with Gasteiger partial charge in [-0.05, 0) is 23.8 Å². The van der Waals surface area contributed by atoms with Crippen LogP contribution in [0.5, 0.6) is 0 Å². The van der Waals surface area contributed by atoms with Gasteiger partial charge in [-0.1, -0.05) is 18.1 Å². The van der Waals surface area contributed by atoms with Gasteiger partial charge in [-0.3, -0.25) is 9.59 Å². The number of hydrogen-bond acceptors (Lipinski definition) is 3. The summed E-state index contributed by atoms with van der Waals surface area (Å²) < 4.78 is 14.4. The standard InChI is InChI=1S/C17H12FNO4/c1-2-12-7-8-19(10-11-3-5-13(18)6-4-11)16(12)14(20)9-15(21)17(22)23/h1,3-8H,9-10H2,(H,22,23). The number of carboxylic acid groups (broad SMARTS) is 1. The van der Waals surface area contributed by atoms with Gasteiger partial charge in [0.15, 0.2) is 5.78 Å². The quantitative estimate of drug-likeness (QED) is 0.382. The Bertz CT molecular complexity index is 812. The minimum Gasteiger partial charge on any atom is -0.475 e. The number of nitrogens with zero attached hydrogens (tertiary/aromatic N) is 1. The maximum Gasteiger partial charge on any atom is 0.372 e. The van der Waals surface area contributed by atoms with Gasteiger partial charge in [-0.2, -0.15) is 0 Å². The van der Waals surface area contributed by atoms with Crippen molar-refractivity contribution in [2.45, 2.75) is 13.0 Å². The van der Waals surface area contributed by atoms with Crippen LogP contribution in [-0.4, -0.2) is 27.2 Å². The highest BCUT2D eigenvalue weighted by atomic mass is 19.1. The highest BCUT2D eigenvalue weighted by molar-refractivity contribution is 6.37. The van der Waals surface area contributed by atoms with Crippen molar-refractivity contribution in [2.75, 3.05) is 0 Å². The van der Waals surface area contributed by atoms with E-state index in [4.69, 9.17) is 11.5 Å². The number of carboxylic acids is 1. The first-order valence-electron chi connectivity index (χ1n) is 6.62. The molecule has 0 saturated heterocycles. The Hall–Kier alpha value is -3.20. The molecule has 0 unspecified atom stereocenters. The molecule has 0 radical (unpaired) electrons. The third-order valence-electron chi connectivity index (χ3n) is 3.21. The average molecular weight is 313 g/mol. The fourth-order valence-corrected chi connectivity index (χ4v) is 2.12.